The molecule has 2 atom stereocenters. The van der Waals surface area contributed by atoms with E-state index in [9.17, 15) is 4.79 Å². The van der Waals surface area contributed by atoms with Gasteiger partial charge in [-0.1, -0.05) is 70.4 Å². The maximum Gasteiger partial charge on any atom is 0.308 e. The molecule has 0 aromatic carbocycles. The number of carbonyl (C=O) groups is 1. The Morgan fingerprint density at radius 1 is 0.861 bits per heavy atom. The highest BCUT2D eigenvalue weighted by atomic mass is 16.5. The van der Waals surface area contributed by atoms with Crippen LogP contribution in [-0.2, 0) is 9.53 Å². The number of hydrogen-bond acceptors (Lipinski definition) is 2. The van der Waals surface area contributed by atoms with Gasteiger partial charge in [0.2, 0.25) is 0 Å². The quantitative estimate of drug-likeness (QED) is 0.157. The van der Waals surface area contributed by atoms with E-state index >= 15 is 0 Å². The highest BCUT2D eigenvalue weighted by molar-refractivity contribution is 5.73. The molecular weight excluding hydrogens is 440 g/mol. The Bertz CT molecular complexity index is 838. The van der Waals surface area contributed by atoms with Crippen molar-refractivity contribution in [3.63, 3.8) is 0 Å². The Morgan fingerprint density at radius 3 is 1.97 bits per heavy atom. The molecule has 0 unspecified atom stereocenters. The van der Waals surface area contributed by atoms with E-state index in [1.54, 1.807) is 0 Å². The number of esters is 1. The lowest BCUT2D eigenvalue weighted by molar-refractivity contribution is -0.146. The summed E-state index contributed by atoms with van der Waals surface area (Å²) in [5, 5.41) is 0. The smallest absolute Gasteiger partial charge is 0.308 e. The topological polar surface area (TPSA) is 26.3 Å². The van der Waals surface area contributed by atoms with Crippen LogP contribution in [-0.4, -0.2) is 13.1 Å². The summed E-state index contributed by atoms with van der Waals surface area (Å²) in [5.74, 6) is 0.396. The van der Waals surface area contributed by atoms with E-state index in [-0.39, 0.29) is 11.9 Å². The van der Waals surface area contributed by atoms with Crippen molar-refractivity contribution in [2.75, 3.05) is 7.11 Å². The molecule has 0 aromatic heterocycles. The molecular formula is C34H54O2. The number of ether oxygens (including phenoxy) is 1. The average Bonchev–Trinajstić information content (AvgIpc) is 2.81. The molecule has 0 saturated carbocycles. The van der Waals surface area contributed by atoms with Crippen LogP contribution in [0.1, 0.15) is 119 Å². The number of hydrogen-bond donors (Lipinski definition) is 0. The molecule has 0 fully saturated rings. The van der Waals surface area contributed by atoms with E-state index in [1.807, 2.05) is 0 Å². The minimum absolute atomic E-state index is 0.00222. The van der Waals surface area contributed by atoms with Crippen molar-refractivity contribution < 1.29 is 9.53 Å². The van der Waals surface area contributed by atoms with Crippen LogP contribution >= 0.6 is 0 Å². The van der Waals surface area contributed by atoms with Gasteiger partial charge in [0, 0.05) is 0 Å². The van der Waals surface area contributed by atoms with Crippen LogP contribution < -0.4 is 0 Å². The SMILES string of the molecule is C=C(CC/C=C(\C)CCC=C(C)C)CC[C@@H]1C=C(CC/C=C(\C)CCC=C(C)C)C[C@@H](C(=O)OC)C1. The third-order valence-electron chi connectivity index (χ3n) is 7.10. The zero-order chi connectivity index (χ0) is 26.9. The van der Waals surface area contributed by atoms with Crippen LogP contribution in [0, 0.1) is 11.8 Å². The second kappa shape index (κ2) is 18.2. The number of rotatable bonds is 16. The first kappa shape index (κ1) is 31.9. The third kappa shape index (κ3) is 15.1. The Kier molecular flexibility index (Phi) is 16.1. The van der Waals surface area contributed by atoms with Crippen LogP contribution in [0.5, 0.6) is 0 Å². The Morgan fingerprint density at radius 2 is 1.42 bits per heavy atom. The van der Waals surface area contributed by atoms with Crippen molar-refractivity contribution >= 4 is 5.97 Å². The molecule has 2 nitrogen and oxygen atoms in total. The van der Waals surface area contributed by atoms with Gasteiger partial charge in [0.1, 0.15) is 0 Å². The molecule has 1 aliphatic rings. The zero-order valence-electron chi connectivity index (χ0n) is 24.6. The first-order chi connectivity index (χ1) is 17.1. The molecule has 0 saturated heterocycles. The Balaban J connectivity index is 2.57. The van der Waals surface area contributed by atoms with Crippen molar-refractivity contribution in [1.82, 2.24) is 0 Å². The average molecular weight is 495 g/mol. The summed E-state index contributed by atoms with van der Waals surface area (Å²) in [4.78, 5) is 12.4. The summed E-state index contributed by atoms with van der Waals surface area (Å²) in [6.45, 7) is 17.5. The summed E-state index contributed by atoms with van der Waals surface area (Å²) >= 11 is 0. The van der Waals surface area contributed by atoms with Crippen LogP contribution in [0.25, 0.3) is 0 Å². The minimum atomic E-state index is -0.0494. The van der Waals surface area contributed by atoms with E-state index in [1.165, 1.54) is 40.5 Å². The van der Waals surface area contributed by atoms with E-state index in [0.29, 0.717) is 5.92 Å². The summed E-state index contributed by atoms with van der Waals surface area (Å²) in [7, 11) is 1.52. The van der Waals surface area contributed by atoms with Crippen LogP contribution in [0.2, 0.25) is 0 Å². The summed E-state index contributed by atoms with van der Waals surface area (Å²) in [5.41, 5.74) is 8.47. The van der Waals surface area contributed by atoms with Crippen LogP contribution in [0.3, 0.4) is 0 Å². The lowest BCUT2D eigenvalue weighted by atomic mass is 9.78. The van der Waals surface area contributed by atoms with Gasteiger partial charge in [-0.2, -0.15) is 0 Å². The number of allylic oxidation sites excluding steroid dienone is 11. The molecule has 0 N–H and O–H groups in total. The monoisotopic (exact) mass is 494 g/mol. The molecule has 1 aliphatic carbocycles. The molecule has 0 aromatic rings. The first-order valence-electron chi connectivity index (χ1n) is 14.1. The lowest BCUT2D eigenvalue weighted by Gasteiger charge is -2.27. The summed E-state index contributed by atoms with van der Waals surface area (Å²) < 4.78 is 5.12. The van der Waals surface area contributed by atoms with Gasteiger partial charge in [-0.05, 0) is 125 Å². The van der Waals surface area contributed by atoms with Gasteiger partial charge in [0.25, 0.3) is 0 Å². The molecule has 0 bridgehead atoms. The lowest BCUT2D eigenvalue weighted by Crippen LogP contribution is -2.23. The fraction of sp³-hybridized carbons (Fsp3) is 0.618. The van der Waals surface area contributed by atoms with E-state index in [4.69, 9.17) is 4.74 Å². The zero-order valence-corrected chi connectivity index (χ0v) is 24.6. The van der Waals surface area contributed by atoms with Crippen molar-refractivity contribution in [1.29, 1.82) is 0 Å². The molecule has 0 heterocycles. The van der Waals surface area contributed by atoms with E-state index in [0.717, 1.165) is 77.0 Å². The fourth-order valence-electron chi connectivity index (χ4n) is 4.89. The van der Waals surface area contributed by atoms with Crippen molar-refractivity contribution in [3.05, 3.63) is 70.4 Å². The second-order valence-electron chi connectivity index (χ2n) is 11.4. The predicted octanol–water partition coefficient (Wildman–Crippen LogP) is 10.4. The van der Waals surface area contributed by atoms with Gasteiger partial charge in [-0.25, -0.2) is 0 Å². The van der Waals surface area contributed by atoms with E-state index in [2.05, 4.69) is 78.5 Å². The number of carbonyl (C=O) groups excluding carboxylic acids is 1. The Hall–Kier alpha value is -2.09. The largest absolute Gasteiger partial charge is 0.469 e. The minimum Gasteiger partial charge on any atom is -0.469 e. The first-order valence-corrected chi connectivity index (χ1v) is 14.1. The van der Waals surface area contributed by atoms with Crippen molar-refractivity contribution in [2.45, 2.75) is 119 Å². The van der Waals surface area contributed by atoms with Crippen LogP contribution in [0.4, 0.5) is 0 Å². The second-order valence-corrected chi connectivity index (χ2v) is 11.4. The molecule has 0 spiro atoms. The summed E-state index contributed by atoms with van der Waals surface area (Å²) in [6.07, 6.45) is 24.5. The maximum absolute atomic E-state index is 12.4. The maximum atomic E-state index is 12.4. The van der Waals surface area contributed by atoms with Gasteiger partial charge >= 0.3 is 5.97 Å². The molecule has 0 radical (unpaired) electrons. The molecule has 0 amide bonds. The standard InChI is InChI=1S/C34H54O2/c1-26(2)13-9-15-28(5)17-11-18-30(7)21-22-32-23-31(24-33(25-32)34(35)36-8)20-12-19-29(6)16-10-14-27(3)4/h13-14,17,19,23,32-33H,7,9-12,15-16,18,20-22,24-25H2,1-6,8H3/b28-17+,29-19+/t32-,33-/m1/s1. The highest BCUT2D eigenvalue weighted by Gasteiger charge is 2.28. The molecule has 1 rings (SSSR count). The van der Waals surface area contributed by atoms with Crippen molar-refractivity contribution in [2.24, 2.45) is 11.8 Å². The third-order valence-corrected chi connectivity index (χ3v) is 7.10. The van der Waals surface area contributed by atoms with E-state index < -0.39 is 0 Å². The van der Waals surface area contributed by atoms with Gasteiger partial charge in [0.15, 0.2) is 0 Å². The molecule has 0 aliphatic heterocycles. The van der Waals surface area contributed by atoms with Crippen LogP contribution in [0.15, 0.2) is 70.4 Å². The normalized spacial score (nSPS) is 18.4. The molecule has 2 heteroatoms. The Labute approximate surface area is 223 Å². The van der Waals surface area contributed by atoms with Gasteiger partial charge in [-0.3, -0.25) is 4.79 Å². The van der Waals surface area contributed by atoms with Gasteiger partial charge in [0.05, 0.1) is 13.0 Å². The summed E-state index contributed by atoms with van der Waals surface area (Å²) in [6, 6.07) is 0. The molecule has 36 heavy (non-hydrogen) atoms. The number of methoxy groups -OCH3 is 1. The van der Waals surface area contributed by atoms with Crippen molar-refractivity contribution in [3.8, 4) is 0 Å². The fourth-order valence-corrected chi connectivity index (χ4v) is 4.89. The van der Waals surface area contributed by atoms with Gasteiger partial charge in [-0.15, -0.1) is 0 Å². The predicted molar refractivity (Wildman–Crippen MR) is 158 cm³/mol. The molecule has 202 valence electrons. The van der Waals surface area contributed by atoms with Gasteiger partial charge < -0.3 is 4.74 Å². The highest BCUT2D eigenvalue weighted by Crippen LogP contribution is 2.34.